The Morgan fingerprint density at radius 1 is 1.58 bits per heavy atom. The van der Waals surface area contributed by atoms with Crippen molar-refractivity contribution < 1.29 is 4.79 Å². The van der Waals surface area contributed by atoms with E-state index >= 15 is 0 Å². The quantitative estimate of drug-likeness (QED) is 0.623. The number of thioether (sulfide) groups is 1. The van der Waals surface area contributed by atoms with Crippen LogP contribution in [0.4, 0.5) is 0 Å². The maximum Gasteiger partial charge on any atom is 0.223 e. The van der Waals surface area contributed by atoms with Gasteiger partial charge in [-0.05, 0) is 6.92 Å². The van der Waals surface area contributed by atoms with Crippen LogP contribution in [0.5, 0.6) is 0 Å². The molecule has 0 N–H and O–H groups in total. The lowest BCUT2D eigenvalue weighted by atomic mass is 10.1. The zero-order valence-electron chi connectivity index (χ0n) is 8.09. The fraction of sp³-hybridized carbons (Fsp3) is 0.889. The van der Waals surface area contributed by atoms with E-state index in [0.717, 1.165) is 18.8 Å². The Bertz CT molecular complexity index is 179. The molecule has 1 rings (SSSR count). The van der Waals surface area contributed by atoms with Gasteiger partial charge in [-0.25, -0.2) is 0 Å². The van der Waals surface area contributed by atoms with Crippen LogP contribution in [0.1, 0.15) is 27.2 Å². The van der Waals surface area contributed by atoms with Crippen LogP contribution >= 0.6 is 11.8 Å². The largest absolute Gasteiger partial charge is 0.342 e. The summed E-state index contributed by atoms with van der Waals surface area (Å²) in [5.41, 5.74) is 0. The molecule has 1 saturated heterocycles. The first kappa shape index (κ1) is 9.90. The molecule has 0 spiro atoms. The maximum absolute atomic E-state index is 11.6. The summed E-state index contributed by atoms with van der Waals surface area (Å²) in [4.78, 5) is 13.5. The highest BCUT2D eigenvalue weighted by Crippen LogP contribution is 2.31. The fourth-order valence-corrected chi connectivity index (χ4v) is 2.51. The van der Waals surface area contributed by atoms with Crippen molar-refractivity contribution in [1.29, 1.82) is 0 Å². The maximum atomic E-state index is 11.6. The topological polar surface area (TPSA) is 20.3 Å². The highest BCUT2D eigenvalue weighted by molar-refractivity contribution is 8.00. The van der Waals surface area contributed by atoms with Crippen molar-refractivity contribution in [3.63, 3.8) is 0 Å². The number of carbonyl (C=O) groups is 1. The van der Waals surface area contributed by atoms with Gasteiger partial charge >= 0.3 is 0 Å². The summed E-state index contributed by atoms with van der Waals surface area (Å²) in [6, 6.07) is 0. The summed E-state index contributed by atoms with van der Waals surface area (Å²) in [6.45, 7) is 8.11. The molecule has 0 atom stereocenters. The summed E-state index contributed by atoms with van der Waals surface area (Å²) < 4.78 is 0.140. The molecule has 3 heteroatoms. The Hall–Kier alpha value is -0.180. The summed E-state index contributed by atoms with van der Waals surface area (Å²) >= 11 is 1.90. The molecule has 0 aromatic carbocycles. The van der Waals surface area contributed by atoms with Crippen molar-refractivity contribution in [2.24, 2.45) is 0 Å². The molecule has 0 aliphatic carbocycles. The first-order chi connectivity index (χ1) is 5.55. The number of amides is 1. The Morgan fingerprint density at radius 3 is 2.83 bits per heavy atom. The zero-order valence-corrected chi connectivity index (χ0v) is 8.91. The van der Waals surface area contributed by atoms with E-state index in [4.69, 9.17) is 0 Å². The predicted octanol–water partition coefficient (Wildman–Crippen LogP) is 1.75. The van der Waals surface area contributed by atoms with Gasteiger partial charge in [0.2, 0.25) is 5.91 Å². The van der Waals surface area contributed by atoms with Crippen molar-refractivity contribution in [1.82, 2.24) is 4.90 Å². The van der Waals surface area contributed by atoms with Gasteiger partial charge in [0.1, 0.15) is 0 Å². The van der Waals surface area contributed by atoms with E-state index in [0.29, 0.717) is 12.3 Å². The van der Waals surface area contributed by atoms with Crippen LogP contribution in [0.3, 0.4) is 0 Å². The second-order valence-electron chi connectivity index (χ2n) is 3.76. The highest BCUT2D eigenvalue weighted by atomic mass is 32.2. The van der Waals surface area contributed by atoms with Crippen LogP contribution < -0.4 is 0 Å². The highest BCUT2D eigenvalue weighted by Gasteiger charge is 2.28. The molecule has 1 heterocycles. The monoisotopic (exact) mass is 187 g/mol. The third-order valence-electron chi connectivity index (χ3n) is 2.17. The van der Waals surface area contributed by atoms with Crippen LogP contribution in [0, 0.1) is 0 Å². The number of hydrogen-bond donors (Lipinski definition) is 0. The number of nitrogens with zero attached hydrogens (tertiary/aromatic N) is 1. The number of hydrogen-bond acceptors (Lipinski definition) is 2. The summed E-state index contributed by atoms with van der Waals surface area (Å²) in [6.07, 6.45) is 0.686. The van der Waals surface area contributed by atoms with Crippen molar-refractivity contribution in [3.05, 3.63) is 0 Å². The van der Waals surface area contributed by atoms with E-state index in [2.05, 4.69) is 13.8 Å². The molecule has 1 aliphatic rings. The smallest absolute Gasteiger partial charge is 0.223 e. The number of rotatable bonds is 1. The lowest BCUT2D eigenvalue weighted by Gasteiger charge is -2.21. The molecule has 0 bridgehead atoms. The van der Waals surface area contributed by atoms with Crippen LogP contribution in [0.15, 0.2) is 0 Å². The van der Waals surface area contributed by atoms with Gasteiger partial charge in [-0.15, -0.1) is 0 Å². The van der Waals surface area contributed by atoms with E-state index in [1.165, 1.54) is 0 Å². The molecular formula is C9H17NOS. The molecule has 0 saturated carbocycles. The standard InChI is InChI=1S/C9H17NOS/c1-4-10-5-6-12-9(2,3)7-8(10)11/h4-7H2,1-3H3. The SMILES string of the molecule is CCN1CCSC(C)(C)CC1=O. The molecule has 0 aromatic heterocycles. The molecule has 0 aromatic rings. The summed E-state index contributed by atoms with van der Waals surface area (Å²) in [5, 5.41) is 0. The van der Waals surface area contributed by atoms with Gasteiger partial charge in [0.25, 0.3) is 0 Å². The van der Waals surface area contributed by atoms with Crippen LogP contribution in [0.2, 0.25) is 0 Å². The van der Waals surface area contributed by atoms with E-state index in [1.54, 1.807) is 0 Å². The van der Waals surface area contributed by atoms with E-state index in [-0.39, 0.29) is 4.75 Å². The predicted molar refractivity (Wildman–Crippen MR) is 53.4 cm³/mol. The minimum absolute atomic E-state index is 0.140. The van der Waals surface area contributed by atoms with Gasteiger partial charge in [0.15, 0.2) is 0 Å². The molecule has 12 heavy (non-hydrogen) atoms. The molecular weight excluding hydrogens is 170 g/mol. The van der Waals surface area contributed by atoms with E-state index in [1.807, 2.05) is 23.6 Å². The molecule has 1 amide bonds. The summed E-state index contributed by atoms with van der Waals surface area (Å²) in [7, 11) is 0. The molecule has 0 radical (unpaired) electrons. The van der Waals surface area contributed by atoms with Gasteiger partial charge in [-0.3, -0.25) is 4.79 Å². The molecule has 70 valence electrons. The Morgan fingerprint density at radius 2 is 2.25 bits per heavy atom. The minimum Gasteiger partial charge on any atom is -0.342 e. The first-order valence-corrected chi connectivity index (χ1v) is 5.45. The second kappa shape index (κ2) is 3.69. The minimum atomic E-state index is 0.140. The van der Waals surface area contributed by atoms with E-state index in [9.17, 15) is 4.79 Å². The Kier molecular flexibility index (Phi) is 3.04. The average Bonchev–Trinajstić information content (AvgIpc) is 2.07. The van der Waals surface area contributed by atoms with Gasteiger partial charge in [-0.2, -0.15) is 11.8 Å². The zero-order chi connectivity index (χ0) is 9.19. The Balaban J connectivity index is 2.62. The molecule has 2 nitrogen and oxygen atoms in total. The van der Waals surface area contributed by atoms with Gasteiger partial charge in [-0.1, -0.05) is 13.8 Å². The fourth-order valence-electron chi connectivity index (χ4n) is 1.42. The van der Waals surface area contributed by atoms with Crippen LogP contribution in [0.25, 0.3) is 0 Å². The van der Waals surface area contributed by atoms with Gasteiger partial charge < -0.3 is 4.90 Å². The summed E-state index contributed by atoms with van der Waals surface area (Å²) in [5.74, 6) is 1.39. The number of carbonyl (C=O) groups excluding carboxylic acids is 1. The van der Waals surface area contributed by atoms with Gasteiger partial charge in [0.05, 0.1) is 0 Å². The van der Waals surface area contributed by atoms with E-state index < -0.39 is 0 Å². The lowest BCUT2D eigenvalue weighted by Crippen LogP contribution is -2.32. The Labute approximate surface area is 78.7 Å². The third-order valence-corrected chi connectivity index (χ3v) is 3.48. The third kappa shape index (κ3) is 2.41. The van der Waals surface area contributed by atoms with Gasteiger partial charge in [0, 0.05) is 30.0 Å². The van der Waals surface area contributed by atoms with Crippen molar-refractivity contribution >= 4 is 17.7 Å². The average molecular weight is 187 g/mol. The molecule has 0 unspecified atom stereocenters. The van der Waals surface area contributed by atoms with Crippen molar-refractivity contribution in [3.8, 4) is 0 Å². The van der Waals surface area contributed by atoms with Crippen molar-refractivity contribution in [2.75, 3.05) is 18.8 Å². The van der Waals surface area contributed by atoms with Crippen LogP contribution in [-0.4, -0.2) is 34.4 Å². The molecule has 1 aliphatic heterocycles. The lowest BCUT2D eigenvalue weighted by molar-refractivity contribution is -0.130. The second-order valence-corrected chi connectivity index (χ2v) is 5.56. The van der Waals surface area contributed by atoms with Crippen LogP contribution in [-0.2, 0) is 4.79 Å². The normalized spacial score (nSPS) is 23.9. The molecule has 1 fully saturated rings. The van der Waals surface area contributed by atoms with Crippen molar-refractivity contribution in [2.45, 2.75) is 31.9 Å². The first-order valence-electron chi connectivity index (χ1n) is 4.47.